The lowest BCUT2D eigenvalue weighted by molar-refractivity contribution is 0.0992. The van der Waals surface area contributed by atoms with E-state index >= 15 is 0 Å². The van der Waals surface area contributed by atoms with E-state index in [2.05, 4.69) is 26.2 Å². The maximum Gasteiger partial charge on any atom is 0.293 e. The van der Waals surface area contributed by atoms with E-state index in [4.69, 9.17) is 20.8 Å². The fourth-order valence-electron chi connectivity index (χ4n) is 2.82. The van der Waals surface area contributed by atoms with Crippen molar-refractivity contribution in [3.63, 3.8) is 0 Å². The number of hydrogen-bond donors (Lipinski definition) is 1. The third kappa shape index (κ3) is 5.76. The van der Waals surface area contributed by atoms with Crippen LogP contribution in [-0.4, -0.2) is 10.9 Å². The highest BCUT2D eigenvalue weighted by molar-refractivity contribution is 9.10. The molecule has 5 nitrogen and oxygen atoms in total. The van der Waals surface area contributed by atoms with Gasteiger partial charge in [-0.05, 0) is 64.8 Å². The number of nitrogens with one attached hydrogen (secondary N) is 1. The lowest BCUT2D eigenvalue weighted by Gasteiger charge is -2.04. The molecule has 4 aromatic rings. The molecule has 0 fully saturated rings. The van der Waals surface area contributed by atoms with Crippen molar-refractivity contribution in [1.29, 1.82) is 0 Å². The number of rotatable bonds is 7. The summed E-state index contributed by atoms with van der Waals surface area (Å²) in [6, 6.07) is 16.9. The van der Waals surface area contributed by atoms with Gasteiger partial charge < -0.3 is 9.15 Å². The van der Waals surface area contributed by atoms with E-state index in [1.807, 2.05) is 49.4 Å². The van der Waals surface area contributed by atoms with E-state index in [0.717, 1.165) is 26.2 Å². The second-order valence-corrected chi connectivity index (χ2v) is 9.26. The molecule has 0 spiro atoms. The van der Waals surface area contributed by atoms with Gasteiger partial charge in [-0.25, -0.2) is 4.98 Å². The molecule has 0 aliphatic heterocycles. The van der Waals surface area contributed by atoms with Crippen LogP contribution in [0.1, 0.15) is 32.3 Å². The number of anilines is 1. The smallest absolute Gasteiger partial charge is 0.293 e. The molecule has 4 rings (SSSR count). The summed E-state index contributed by atoms with van der Waals surface area (Å²) in [6.45, 7) is 2.26. The first-order valence-electron chi connectivity index (χ1n) is 9.44. The molecule has 0 bridgehead atoms. The molecule has 31 heavy (non-hydrogen) atoms. The highest BCUT2D eigenvalue weighted by Gasteiger charge is 2.14. The predicted octanol–water partition coefficient (Wildman–Crippen LogP) is 6.88. The molecular weight excluding hydrogens is 500 g/mol. The number of halogens is 2. The molecule has 0 saturated heterocycles. The van der Waals surface area contributed by atoms with Crippen LogP contribution in [0.5, 0.6) is 5.75 Å². The summed E-state index contributed by atoms with van der Waals surface area (Å²) >= 11 is 11.0. The molecule has 1 amide bonds. The van der Waals surface area contributed by atoms with Crippen LogP contribution in [0.3, 0.4) is 0 Å². The number of thiazole rings is 1. The molecule has 2 aromatic heterocycles. The van der Waals surface area contributed by atoms with Crippen LogP contribution in [0.2, 0.25) is 5.02 Å². The number of furan rings is 1. The summed E-state index contributed by atoms with van der Waals surface area (Å²) in [4.78, 5) is 17.8. The lowest BCUT2D eigenvalue weighted by atomic mass is 10.1. The van der Waals surface area contributed by atoms with Gasteiger partial charge in [0.15, 0.2) is 10.9 Å². The van der Waals surface area contributed by atoms with E-state index in [0.29, 0.717) is 22.3 Å². The number of aromatic nitrogens is 1. The fraction of sp³-hybridized carbons (Fsp3) is 0.130. The summed E-state index contributed by atoms with van der Waals surface area (Å²) in [6.07, 6.45) is 2.43. The third-order valence-corrected chi connectivity index (χ3v) is 6.57. The number of amides is 1. The van der Waals surface area contributed by atoms with Gasteiger partial charge in [-0.2, -0.15) is 0 Å². The third-order valence-electron chi connectivity index (χ3n) is 4.42. The van der Waals surface area contributed by atoms with E-state index in [9.17, 15) is 4.79 Å². The monoisotopic (exact) mass is 516 g/mol. The maximum absolute atomic E-state index is 12.5. The van der Waals surface area contributed by atoms with Crippen molar-refractivity contribution in [2.45, 2.75) is 20.0 Å². The van der Waals surface area contributed by atoms with Gasteiger partial charge in [-0.1, -0.05) is 35.4 Å². The molecule has 2 heterocycles. The zero-order valence-electron chi connectivity index (χ0n) is 16.5. The Morgan fingerprint density at radius 3 is 2.77 bits per heavy atom. The molecule has 0 atom stereocenters. The van der Waals surface area contributed by atoms with Crippen molar-refractivity contribution in [2.75, 3.05) is 5.32 Å². The molecule has 8 heteroatoms. The average Bonchev–Trinajstić information content (AvgIpc) is 3.40. The first-order chi connectivity index (χ1) is 15.0. The van der Waals surface area contributed by atoms with Crippen molar-refractivity contribution in [1.82, 2.24) is 4.98 Å². The minimum Gasteiger partial charge on any atom is -0.486 e. The summed E-state index contributed by atoms with van der Waals surface area (Å²) in [5.74, 6) is 1.17. The van der Waals surface area contributed by atoms with E-state index < -0.39 is 0 Å². The second kappa shape index (κ2) is 9.68. The van der Waals surface area contributed by atoms with Crippen LogP contribution in [-0.2, 0) is 13.0 Å². The standard InChI is InChI=1S/C23H18BrClN2O3S/c1-14-2-5-16(6-3-14)29-13-17-7-9-21(30-17)22(28)27-23-26-12-18(31-23)10-15-4-8-19(24)20(25)11-15/h2-9,11-12H,10,13H2,1H3,(H,26,27,28). The number of benzene rings is 2. The molecular formula is C23H18BrClN2O3S. The minimum absolute atomic E-state index is 0.207. The molecule has 1 N–H and O–H groups in total. The fourth-order valence-corrected chi connectivity index (χ4v) is 4.11. The minimum atomic E-state index is -0.353. The Morgan fingerprint density at radius 1 is 1.19 bits per heavy atom. The Labute approximate surface area is 197 Å². The normalized spacial score (nSPS) is 10.8. The van der Waals surface area contributed by atoms with Gasteiger partial charge in [0.1, 0.15) is 18.1 Å². The zero-order valence-corrected chi connectivity index (χ0v) is 19.7. The Hall–Kier alpha value is -2.61. The average molecular weight is 518 g/mol. The first kappa shape index (κ1) is 21.6. The van der Waals surface area contributed by atoms with Gasteiger partial charge in [0.25, 0.3) is 5.91 Å². The van der Waals surface area contributed by atoms with Crippen molar-refractivity contribution < 1.29 is 13.9 Å². The van der Waals surface area contributed by atoms with Gasteiger partial charge >= 0.3 is 0 Å². The number of carbonyl (C=O) groups excluding carboxylic acids is 1. The summed E-state index contributed by atoms with van der Waals surface area (Å²) in [7, 11) is 0. The van der Waals surface area contributed by atoms with Crippen LogP contribution >= 0.6 is 38.9 Å². The van der Waals surface area contributed by atoms with Crippen LogP contribution in [0.15, 0.2) is 69.7 Å². The van der Waals surface area contributed by atoms with E-state index in [1.165, 1.54) is 11.3 Å². The van der Waals surface area contributed by atoms with Crippen LogP contribution < -0.4 is 10.1 Å². The van der Waals surface area contributed by atoms with Crippen molar-refractivity contribution in [3.05, 3.63) is 97.8 Å². The second-order valence-electron chi connectivity index (χ2n) is 6.88. The number of ether oxygens (including phenoxy) is 1. The van der Waals surface area contributed by atoms with Crippen LogP contribution in [0.4, 0.5) is 5.13 Å². The molecule has 158 valence electrons. The van der Waals surface area contributed by atoms with E-state index in [-0.39, 0.29) is 18.3 Å². The highest BCUT2D eigenvalue weighted by atomic mass is 79.9. The number of carbonyl (C=O) groups is 1. The largest absolute Gasteiger partial charge is 0.486 e. The van der Waals surface area contributed by atoms with Gasteiger partial charge in [0.2, 0.25) is 0 Å². The first-order valence-corrected chi connectivity index (χ1v) is 11.4. The van der Waals surface area contributed by atoms with Crippen molar-refractivity contribution in [3.8, 4) is 5.75 Å². The summed E-state index contributed by atoms with van der Waals surface area (Å²) < 4.78 is 12.2. The number of hydrogen-bond acceptors (Lipinski definition) is 5. The van der Waals surface area contributed by atoms with Gasteiger partial charge in [0.05, 0.1) is 5.02 Å². The zero-order chi connectivity index (χ0) is 21.8. The van der Waals surface area contributed by atoms with Crippen molar-refractivity contribution >= 4 is 49.9 Å². The number of nitrogens with zero attached hydrogens (tertiary/aromatic N) is 1. The Kier molecular flexibility index (Phi) is 6.75. The molecule has 0 unspecified atom stereocenters. The summed E-state index contributed by atoms with van der Waals surface area (Å²) in [5, 5.41) is 3.95. The van der Waals surface area contributed by atoms with Gasteiger partial charge in [0, 0.05) is 22.0 Å². The SMILES string of the molecule is Cc1ccc(OCc2ccc(C(=O)Nc3ncc(Cc4ccc(Br)c(Cl)c4)s3)o2)cc1. The molecule has 0 aliphatic carbocycles. The Balaban J connectivity index is 1.33. The van der Waals surface area contributed by atoms with E-state index in [1.54, 1.807) is 18.3 Å². The molecule has 0 saturated carbocycles. The molecule has 0 aliphatic rings. The Morgan fingerprint density at radius 2 is 2.00 bits per heavy atom. The van der Waals surface area contributed by atoms with Gasteiger partial charge in [-0.3, -0.25) is 10.1 Å². The quantitative estimate of drug-likeness (QED) is 0.290. The highest BCUT2D eigenvalue weighted by Crippen LogP contribution is 2.27. The van der Waals surface area contributed by atoms with Crippen molar-refractivity contribution in [2.24, 2.45) is 0 Å². The predicted molar refractivity (Wildman–Crippen MR) is 126 cm³/mol. The maximum atomic E-state index is 12.5. The molecule has 0 radical (unpaired) electrons. The molecule has 2 aromatic carbocycles. The Bertz CT molecular complexity index is 1200. The lowest BCUT2D eigenvalue weighted by Crippen LogP contribution is -2.10. The van der Waals surface area contributed by atoms with Crippen LogP contribution in [0.25, 0.3) is 0 Å². The van der Waals surface area contributed by atoms with Gasteiger partial charge in [-0.15, -0.1) is 11.3 Å². The van der Waals surface area contributed by atoms with Crippen LogP contribution in [0, 0.1) is 6.92 Å². The summed E-state index contributed by atoms with van der Waals surface area (Å²) in [5.41, 5.74) is 2.23. The number of aryl methyl sites for hydroxylation is 1. The topological polar surface area (TPSA) is 64.4 Å².